The quantitative estimate of drug-likeness (QED) is 0.796. The predicted octanol–water partition coefficient (Wildman–Crippen LogP) is 1.07. The Bertz CT molecular complexity index is 389. The maximum atomic E-state index is 11.8. The lowest BCUT2D eigenvalue weighted by atomic mass is 9.97. The first-order valence-corrected chi connectivity index (χ1v) is 5.17. The fourth-order valence-corrected chi connectivity index (χ4v) is 1.24. The van der Waals surface area contributed by atoms with Crippen LogP contribution in [0.1, 0.15) is 30.6 Å². The highest BCUT2D eigenvalue weighted by atomic mass is 16.2. The zero-order chi connectivity index (χ0) is 12.2. The van der Waals surface area contributed by atoms with Crippen molar-refractivity contribution in [3.63, 3.8) is 0 Å². The number of primary amides is 1. The van der Waals surface area contributed by atoms with Crippen LogP contribution in [-0.4, -0.2) is 17.4 Å². The number of nitrogens with one attached hydrogen (secondary N) is 1. The molecule has 0 heterocycles. The molecule has 0 bridgehead atoms. The Labute approximate surface area is 94.8 Å². The maximum absolute atomic E-state index is 11.8. The summed E-state index contributed by atoms with van der Waals surface area (Å²) in [5.41, 5.74) is 4.78. The molecular weight excluding hydrogens is 204 g/mol. The Balaban J connectivity index is 2.82. The summed E-state index contributed by atoms with van der Waals surface area (Å²) in [6.07, 6.45) is 0.459. The molecule has 0 radical (unpaired) electrons. The third-order valence-corrected chi connectivity index (χ3v) is 2.68. The van der Waals surface area contributed by atoms with Crippen molar-refractivity contribution in [3.8, 4) is 0 Å². The van der Waals surface area contributed by atoms with Gasteiger partial charge in [0.1, 0.15) is 5.54 Å². The molecule has 1 rings (SSSR count). The summed E-state index contributed by atoms with van der Waals surface area (Å²) in [4.78, 5) is 23.0. The molecule has 1 aromatic carbocycles. The number of amides is 2. The second kappa shape index (κ2) is 4.79. The van der Waals surface area contributed by atoms with Gasteiger partial charge in [-0.3, -0.25) is 9.59 Å². The molecule has 0 saturated heterocycles. The second-order valence-corrected chi connectivity index (χ2v) is 3.87. The molecule has 4 nitrogen and oxygen atoms in total. The van der Waals surface area contributed by atoms with Crippen LogP contribution >= 0.6 is 0 Å². The van der Waals surface area contributed by atoms with Crippen LogP contribution in [0.25, 0.3) is 0 Å². The minimum absolute atomic E-state index is 0.288. The van der Waals surface area contributed by atoms with Gasteiger partial charge in [-0.05, 0) is 25.5 Å². The van der Waals surface area contributed by atoms with E-state index in [2.05, 4.69) is 5.32 Å². The van der Waals surface area contributed by atoms with E-state index in [1.807, 2.05) is 6.07 Å². The topological polar surface area (TPSA) is 72.2 Å². The second-order valence-electron chi connectivity index (χ2n) is 3.87. The lowest BCUT2D eigenvalue weighted by molar-refractivity contribution is -0.123. The lowest BCUT2D eigenvalue weighted by Crippen LogP contribution is -2.54. The summed E-state index contributed by atoms with van der Waals surface area (Å²) in [5, 5.41) is 2.65. The molecule has 0 aromatic heterocycles. The van der Waals surface area contributed by atoms with E-state index in [0.717, 1.165) is 0 Å². The molecule has 86 valence electrons. The molecule has 0 saturated carbocycles. The molecule has 0 aliphatic carbocycles. The van der Waals surface area contributed by atoms with Gasteiger partial charge in [0.2, 0.25) is 5.91 Å². The first-order chi connectivity index (χ1) is 7.49. The zero-order valence-electron chi connectivity index (χ0n) is 9.49. The van der Waals surface area contributed by atoms with E-state index in [-0.39, 0.29) is 5.91 Å². The van der Waals surface area contributed by atoms with Gasteiger partial charge in [-0.1, -0.05) is 25.1 Å². The van der Waals surface area contributed by atoms with Gasteiger partial charge < -0.3 is 11.1 Å². The van der Waals surface area contributed by atoms with Crippen molar-refractivity contribution in [1.82, 2.24) is 5.32 Å². The number of hydrogen-bond acceptors (Lipinski definition) is 2. The summed E-state index contributed by atoms with van der Waals surface area (Å²) in [5.74, 6) is -0.817. The van der Waals surface area contributed by atoms with Crippen molar-refractivity contribution in [2.75, 3.05) is 0 Å². The minimum Gasteiger partial charge on any atom is -0.368 e. The van der Waals surface area contributed by atoms with Crippen molar-refractivity contribution < 1.29 is 9.59 Å². The standard InChI is InChI=1S/C12H16N2O2/c1-3-12(2,11(13)16)14-10(15)9-7-5-4-6-8-9/h4-8H,3H2,1-2H3,(H2,13,16)(H,14,15). The molecule has 1 aromatic rings. The Morgan fingerprint density at radius 2 is 1.88 bits per heavy atom. The predicted molar refractivity (Wildman–Crippen MR) is 61.8 cm³/mol. The monoisotopic (exact) mass is 220 g/mol. The van der Waals surface area contributed by atoms with E-state index >= 15 is 0 Å². The fourth-order valence-electron chi connectivity index (χ4n) is 1.24. The van der Waals surface area contributed by atoms with E-state index in [0.29, 0.717) is 12.0 Å². The Morgan fingerprint density at radius 3 is 2.31 bits per heavy atom. The van der Waals surface area contributed by atoms with Crippen LogP contribution in [0, 0.1) is 0 Å². The number of carbonyl (C=O) groups excluding carboxylic acids is 2. The van der Waals surface area contributed by atoms with Gasteiger partial charge in [0.15, 0.2) is 0 Å². The largest absolute Gasteiger partial charge is 0.368 e. The van der Waals surface area contributed by atoms with Crippen LogP contribution < -0.4 is 11.1 Å². The summed E-state index contributed by atoms with van der Waals surface area (Å²) in [7, 11) is 0. The highest BCUT2D eigenvalue weighted by molar-refractivity contribution is 5.98. The first-order valence-electron chi connectivity index (χ1n) is 5.17. The normalized spacial score (nSPS) is 13.9. The van der Waals surface area contributed by atoms with E-state index in [1.54, 1.807) is 38.1 Å². The van der Waals surface area contributed by atoms with E-state index in [9.17, 15) is 9.59 Å². The van der Waals surface area contributed by atoms with Gasteiger partial charge in [0.05, 0.1) is 0 Å². The number of nitrogens with two attached hydrogens (primary N) is 1. The Hall–Kier alpha value is -1.84. The van der Waals surface area contributed by atoms with Crippen molar-refractivity contribution in [2.24, 2.45) is 5.73 Å². The molecule has 1 atom stereocenters. The van der Waals surface area contributed by atoms with Crippen molar-refractivity contribution in [1.29, 1.82) is 0 Å². The first kappa shape index (κ1) is 12.2. The Morgan fingerprint density at radius 1 is 1.31 bits per heavy atom. The molecule has 1 unspecified atom stereocenters. The molecule has 2 amide bonds. The van der Waals surface area contributed by atoms with Gasteiger partial charge in [0, 0.05) is 5.56 Å². The van der Waals surface area contributed by atoms with Gasteiger partial charge >= 0.3 is 0 Å². The van der Waals surface area contributed by atoms with Crippen LogP contribution in [0.15, 0.2) is 30.3 Å². The SMILES string of the molecule is CCC(C)(NC(=O)c1ccccc1)C(N)=O. The molecule has 16 heavy (non-hydrogen) atoms. The van der Waals surface area contributed by atoms with Crippen molar-refractivity contribution in [3.05, 3.63) is 35.9 Å². The van der Waals surface area contributed by atoms with Crippen LogP contribution in [-0.2, 0) is 4.79 Å². The molecule has 3 N–H and O–H groups in total. The summed E-state index contributed by atoms with van der Waals surface area (Å²) in [6, 6.07) is 8.73. The molecule has 0 aliphatic rings. The van der Waals surface area contributed by atoms with E-state index < -0.39 is 11.4 Å². The van der Waals surface area contributed by atoms with E-state index in [1.165, 1.54) is 0 Å². The summed E-state index contributed by atoms with van der Waals surface area (Å²) < 4.78 is 0. The average Bonchev–Trinajstić information content (AvgIpc) is 2.29. The molecule has 0 fully saturated rings. The highest BCUT2D eigenvalue weighted by Gasteiger charge is 2.30. The van der Waals surface area contributed by atoms with Gasteiger partial charge in [-0.25, -0.2) is 0 Å². The molecule has 0 aliphatic heterocycles. The number of hydrogen-bond donors (Lipinski definition) is 2. The van der Waals surface area contributed by atoms with Crippen molar-refractivity contribution >= 4 is 11.8 Å². The molecule has 4 heteroatoms. The lowest BCUT2D eigenvalue weighted by Gasteiger charge is -2.25. The number of rotatable bonds is 4. The Kier molecular flexibility index (Phi) is 3.66. The zero-order valence-corrected chi connectivity index (χ0v) is 9.49. The van der Waals surface area contributed by atoms with E-state index in [4.69, 9.17) is 5.73 Å². The third kappa shape index (κ3) is 2.59. The van der Waals surface area contributed by atoms with Crippen LogP contribution in [0.3, 0.4) is 0 Å². The van der Waals surface area contributed by atoms with Gasteiger partial charge in [-0.15, -0.1) is 0 Å². The number of benzene rings is 1. The summed E-state index contributed by atoms with van der Waals surface area (Å²) in [6.45, 7) is 3.42. The summed E-state index contributed by atoms with van der Waals surface area (Å²) >= 11 is 0. The highest BCUT2D eigenvalue weighted by Crippen LogP contribution is 2.10. The van der Waals surface area contributed by atoms with Crippen molar-refractivity contribution in [2.45, 2.75) is 25.8 Å². The van der Waals surface area contributed by atoms with Crippen LogP contribution in [0.4, 0.5) is 0 Å². The minimum atomic E-state index is -0.993. The fraction of sp³-hybridized carbons (Fsp3) is 0.333. The molecule has 0 spiro atoms. The van der Waals surface area contributed by atoms with Gasteiger partial charge in [0.25, 0.3) is 5.91 Å². The maximum Gasteiger partial charge on any atom is 0.252 e. The number of carbonyl (C=O) groups is 2. The van der Waals surface area contributed by atoms with Crippen LogP contribution in [0.5, 0.6) is 0 Å². The van der Waals surface area contributed by atoms with Gasteiger partial charge in [-0.2, -0.15) is 0 Å². The molecular formula is C12H16N2O2. The van der Waals surface area contributed by atoms with Crippen LogP contribution in [0.2, 0.25) is 0 Å². The smallest absolute Gasteiger partial charge is 0.252 e. The average molecular weight is 220 g/mol. The third-order valence-electron chi connectivity index (χ3n) is 2.68.